The average molecular weight is 321 g/mol. The van der Waals surface area contributed by atoms with Gasteiger partial charge in [-0.1, -0.05) is 6.42 Å². The number of unbranched alkanes of at least 4 members (excludes halogenated alkanes) is 1. The lowest BCUT2D eigenvalue weighted by molar-refractivity contribution is 0.0762. The van der Waals surface area contributed by atoms with Gasteiger partial charge in [0, 0.05) is 32.3 Å². The van der Waals surface area contributed by atoms with Crippen molar-refractivity contribution in [1.29, 1.82) is 0 Å². The summed E-state index contributed by atoms with van der Waals surface area (Å²) in [7, 11) is -1.49. The van der Waals surface area contributed by atoms with Gasteiger partial charge in [0.1, 0.15) is 0 Å². The maximum Gasteiger partial charge on any atom is 0.279 e. The lowest BCUT2D eigenvalue weighted by atomic mass is 10.1. The molecule has 1 aliphatic rings. The van der Waals surface area contributed by atoms with Gasteiger partial charge in [-0.15, -0.1) is 0 Å². The molecule has 1 aliphatic heterocycles. The maximum atomic E-state index is 12.4. The molecule has 1 atom stereocenters. The topological polar surface area (TPSA) is 70.7 Å². The van der Waals surface area contributed by atoms with Gasteiger partial charge in [-0.2, -0.15) is 12.7 Å². The molecule has 6 nitrogen and oxygen atoms in total. The predicted molar refractivity (Wildman–Crippen MR) is 85.5 cm³/mol. The van der Waals surface area contributed by atoms with Crippen LogP contribution in [0.5, 0.6) is 0 Å². The lowest BCUT2D eigenvalue weighted by Gasteiger charge is -2.34. The molecule has 0 aromatic rings. The quantitative estimate of drug-likeness (QED) is 0.591. The van der Waals surface area contributed by atoms with Crippen molar-refractivity contribution in [2.45, 2.75) is 58.1 Å². The molecule has 21 heavy (non-hydrogen) atoms. The number of ether oxygens (including phenoxy) is 1. The van der Waals surface area contributed by atoms with E-state index in [4.69, 9.17) is 4.74 Å². The first-order valence-corrected chi connectivity index (χ1v) is 9.44. The minimum atomic E-state index is -3.36. The largest absolute Gasteiger partial charge is 0.379 e. The zero-order chi connectivity index (χ0) is 15.7. The van der Waals surface area contributed by atoms with Crippen molar-refractivity contribution in [2.24, 2.45) is 0 Å². The molecule has 7 heteroatoms. The van der Waals surface area contributed by atoms with Crippen molar-refractivity contribution in [3.8, 4) is 0 Å². The van der Waals surface area contributed by atoms with E-state index in [-0.39, 0.29) is 12.1 Å². The van der Waals surface area contributed by atoms with E-state index in [1.54, 1.807) is 4.31 Å². The Morgan fingerprint density at radius 2 is 2.05 bits per heavy atom. The van der Waals surface area contributed by atoms with E-state index in [9.17, 15) is 8.42 Å². The molecule has 0 amide bonds. The van der Waals surface area contributed by atoms with Crippen molar-refractivity contribution in [3.05, 3.63) is 0 Å². The molecule has 0 saturated carbocycles. The third-order valence-electron chi connectivity index (χ3n) is 3.63. The van der Waals surface area contributed by atoms with E-state index in [2.05, 4.69) is 10.0 Å². The Labute approximate surface area is 129 Å². The number of hydrogen-bond acceptors (Lipinski definition) is 4. The summed E-state index contributed by atoms with van der Waals surface area (Å²) in [4.78, 5) is 0. The van der Waals surface area contributed by atoms with E-state index < -0.39 is 10.2 Å². The SMILES string of the molecule is CNCC1CCCCN1S(=O)(=O)NCCCCOC(C)C. The van der Waals surface area contributed by atoms with Crippen LogP contribution in [0.2, 0.25) is 0 Å². The van der Waals surface area contributed by atoms with Crippen LogP contribution in [0.15, 0.2) is 0 Å². The Morgan fingerprint density at radius 1 is 1.29 bits per heavy atom. The van der Waals surface area contributed by atoms with Crippen molar-refractivity contribution in [1.82, 2.24) is 14.3 Å². The standard InChI is InChI=1S/C14H31N3O3S/c1-13(2)20-11-7-5-9-16-21(18,19)17-10-6-4-8-14(17)12-15-3/h13-16H,4-12H2,1-3H3. The molecule has 1 fully saturated rings. The third-order valence-corrected chi connectivity index (χ3v) is 5.30. The first kappa shape index (κ1) is 18.8. The zero-order valence-electron chi connectivity index (χ0n) is 13.6. The molecule has 0 radical (unpaired) electrons. The van der Waals surface area contributed by atoms with Crippen molar-refractivity contribution in [2.75, 3.05) is 33.3 Å². The highest BCUT2D eigenvalue weighted by Gasteiger charge is 2.31. The predicted octanol–water partition coefficient (Wildman–Crippen LogP) is 1.10. The summed E-state index contributed by atoms with van der Waals surface area (Å²) in [6, 6.07) is 0.0746. The fourth-order valence-corrected chi connectivity index (χ4v) is 4.07. The number of piperidine rings is 1. The third kappa shape index (κ3) is 7.06. The summed E-state index contributed by atoms with van der Waals surface area (Å²) in [6.07, 6.45) is 4.90. The van der Waals surface area contributed by atoms with Crippen LogP contribution in [0.25, 0.3) is 0 Å². The number of likely N-dealkylation sites (N-methyl/N-ethyl adjacent to an activating group) is 1. The molecule has 2 N–H and O–H groups in total. The molecule has 0 aliphatic carbocycles. The molecule has 1 heterocycles. The first-order valence-electron chi connectivity index (χ1n) is 8.00. The number of nitrogens with one attached hydrogen (secondary N) is 2. The fraction of sp³-hybridized carbons (Fsp3) is 1.00. The highest BCUT2D eigenvalue weighted by atomic mass is 32.2. The summed E-state index contributed by atoms with van der Waals surface area (Å²) >= 11 is 0. The second kappa shape index (κ2) is 9.74. The molecule has 1 saturated heterocycles. The molecular weight excluding hydrogens is 290 g/mol. The van der Waals surface area contributed by atoms with E-state index >= 15 is 0 Å². The molecule has 126 valence electrons. The Balaban J connectivity index is 2.34. The Kier molecular flexibility index (Phi) is 8.73. The van der Waals surface area contributed by atoms with Gasteiger partial charge in [0.2, 0.25) is 0 Å². The van der Waals surface area contributed by atoms with Gasteiger partial charge in [-0.05, 0) is 46.6 Å². The van der Waals surface area contributed by atoms with E-state index in [0.29, 0.717) is 26.2 Å². The van der Waals surface area contributed by atoms with Gasteiger partial charge >= 0.3 is 0 Å². The second-order valence-corrected chi connectivity index (χ2v) is 7.55. The Morgan fingerprint density at radius 3 is 2.71 bits per heavy atom. The first-order chi connectivity index (χ1) is 9.97. The van der Waals surface area contributed by atoms with Gasteiger partial charge in [-0.3, -0.25) is 0 Å². The molecule has 0 aromatic heterocycles. The Hall–Kier alpha value is -0.210. The second-order valence-electron chi connectivity index (χ2n) is 5.84. The average Bonchev–Trinajstić information content (AvgIpc) is 2.43. The molecule has 0 spiro atoms. The van der Waals surface area contributed by atoms with E-state index in [1.807, 2.05) is 20.9 Å². The van der Waals surface area contributed by atoms with Crippen LogP contribution in [0.3, 0.4) is 0 Å². The van der Waals surface area contributed by atoms with Gasteiger partial charge in [-0.25, -0.2) is 4.72 Å². The summed E-state index contributed by atoms with van der Waals surface area (Å²) in [6.45, 7) is 6.50. The van der Waals surface area contributed by atoms with Crippen LogP contribution in [-0.4, -0.2) is 58.2 Å². The van der Waals surface area contributed by atoms with Crippen molar-refractivity contribution in [3.63, 3.8) is 0 Å². The van der Waals surface area contributed by atoms with E-state index in [0.717, 1.165) is 32.1 Å². The lowest BCUT2D eigenvalue weighted by Crippen LogP contribution is -2.52. The molecule has 1 rings (SSSR count). The van der Waals surface area contributed by atoms with Crippen LogP contribution in [0.1, 0.15) is 46.0 Å². The van der Waals surface area contributed by atoms with Crippen molar-refractivity contribution < 1.29 is 13.2 Å². The van der Waals surface area contributed by atoms with Crippen LogP contribution in [0.4, 0.5) is 0 Å². The summed E-state index contributed by atoms with van der Waals surface area (Å²) in [5, 5.41) is 3.08. The van der Waals surface area contributed by atoms with Crippen LogP contribution in [-0.2, 0) is 14.9 Å². The molecule has 0 bridgehead atoms. The maximum absolute atomic E-state index is 12.4. The van der Waals surface area contributed by atoms with Crippen LogP contribution >= 0.6 is 0 Å². The molecular formula is C14H31N3O3S. The fourth-order valence-electron chi connectivity index (χ4n) is 2.56. The van der Waals surface area contributed by atoms with Gasteiger partial charge in [0.05, 0.1) is 6.10 Å². The zero-order valence-corrected chi connectivity index (χ0v) is 14.4. The van der Waals surface area contributed by atoms with Gasteiger partial charge in [0.15, 0.2) is 0 Å². The van der Waals surface area contributed by atoms with Gasteiger partial charge < -0.3 is 10.1 Å². The van der Waals surface area contributed by atoms with Crippen molar-refractivity contribution >= 4 is 10.2 Å². The number of nitrogens with zero attached hydrogens (tertiary/aromatic N) is 1. The number of rotatable bonds is 10. The Bertz CT molecular complexity index is 372. The normalized spacial score (nSPS) is 21.0. The summed E-state index contributed by atoms with van der Waals surface area (Å²) in [5.74, 6) is 0. The minimum Gasteiger partial charge on any atom is -0.379 e. The highest BCUT2D eigenvalue weighted by Crippen LogP contribution is 2.19. The monoisotopic (exact) mass is 321 g/mol. The van der Waals surface area contributed by atoms with E-state index in [1.165, 1.54) is 0 Å². The summed E-state index contributed by atoms with van der Waals surface area (Å²) < 4.78 is 34.5. The van der Waals surface area contributed by atoms with Crippen LogP contribution < -0.4 is 10.0 Å². The smallest absolute Gasteiger partial charge is 0.279 e. The number of hydrogen-bond donors (Lipinski definition) is 2. The summed E-state index contributed by atoms with van der Waals surface area (Å²) in [5.41, 5.74) is 0. The van der Waals surface area contributed by atoms with Crippen LogP contribution in [0, 0.1) is 0 Å². The van der Waals surface area contributed by atoms with Gasteiger partial charge in [0.25, 0.3) is 10.2 Å². The molecule has 1 unspecified atom stereocenters. The molecule has 0 aromatic carbocycles. The highest BCUT2D eigenvalue weighted by molar-refractivity contribution is 7.87. The minimum absolute atomic E-state index is 0.0746.